The quantitative estimate of drug-likeness (QED) is 0.472. The molecule has 5 nitrogen and oxygen atoms in total. The minimum absolute atomic E-state index is 0.168. The summed E-state index contributed by atoms with van der Waals surface area (Å²) < 4.78 is 5.38. The van der Waals surface area contributed by atoms with Crippen molar-refractivity contribution in [3.8, 4) is 0 Å². The lowest BCUT2D eigenvalue weighted by Gasteiger charge is -2.27. The summed E-state index contributed by atoms with van der Waals surface area (Å²) in [7, 11) is 0. The number of aryl methyl sites for hydroxylation is 2. The van der Waals surface area contributed by atoms with Gasteiger partial charge >= 0.3 is 5.97 Å². The molecular formula is C28H30N2O3S. The van der Waals surface area contributed by atoms with Crippen molar-refractivity contribution in [2.45, 2.75) is 52.1 Å². The molecule has 2 aliphatic rings. The molecule has 6 heteroatoms. The van der Waals surface area contributed by atoms with Gasteiger partial charge in [0.15, 0.2) is 0 Å². The maximum absolute atomic E-state index is 13.2. The third-order valence-electron chi connectivity index (χ3n) is 6.70. The van der Waals surface area contributed by atoms with Crippen molar-refractivity contribution in [3.05, 3.63) is 86.8 Å². The Morgan fingerprint density at radius 3 is 2.62 bits per heavy atom. The van der Waals surface area contributed by atoms with Gasteiger partial charge in [0, 0.05) is 30.1 Å². The van der Waals surface area contributed by atoms with E-state index in [2.05, 4.69) is 40.5 Å². The van der Waals surface area contributed by atoms with E-state index in [0.29, 0.717) is 22.7 Å². The number of ether oxygens (including phenoxy) is 1. The van der Waals surface area contributed by atoms with Crippen LogP contribution in [0.2, 0.25) is 0 Å². The number of amides is 1. The molecule has 0 bridgehead atoms. The summed E-state index contributed by atoms with van der Waals surface area (Å²) in [6.45, 7) is 4.61. The van der Waals surface area contributed by atoms with Crippen LogP contribution in [0.25, 0.3) is 0 Å². The van der Waals surface area contributed by atoms with Crippen LogP contribution in [0.1, 0.15) is 67.6 Å². The lowest BCUT2D eigenvalue weighted by Crippen LogP contribution is -2.29. The third-order valence-corrected chi connectivity index (χ3v) is 7.83. The van der Waals surface area contributed by atoms with Gasteiger partial charge in [-0.25, -0.2) is 4.79 Å². The molecule has 0 saturated heterocycles. The number of benzene rings is 2. The van der Waals surface area contributed by atoms with Crippen LogP contribution < -0.4 is 5.32 Å². The Hall–Kier alpha value is -2.96. The molecule has 3 aromatic rings. The number of esters is 1. The van der Waals surface area contributed by atoms with Crippen molar-refractivity contribution in [2.75, 3.05) is 18.5 Å². The summed E-state index contributed by atoms with van der Waals surface area (Å²) in [5.41, 5.74) is 6.09. The van der Waals surface area contributed by atoms with Gasteiger partial charge in [-0.1, -0.05) is 36.4 Å². The number of hydrogen-bond acceptors (Lipinski definition) is 5. The second-order valence-electron chi connectivity index (χ2n) is 9.02. The minimum Gasteiger partial charge on any atom is -0.462 e. The predicted molar refractivity (Wildman–Crippen MR) is 136 cm³/mol. The van der Waals surface area contributed by atoms with Gasteiger partial charge in [-0.3, -0.25) is 9.69 Å². The van der Waals surface area contributed by atoms with Crippen molar-refractivity contribution in [3.63, 3.8) is 0 Å². The maximum atomic E-state index is 13.2. The zero-order valence-corrected chi connectivity index (χ0v) is 20.4. The first kappa shape index (κ1) is 22.8. The summed E-state index contributed by atoms with van der Waals surface area (Å²) in [5.74, 6) is -0.518. The summed E-state index contributed by atoms with van der Waals surface area (Å²) in [5, 5.41) is 3.66. The van der Waals surface area contributed by atoms with Crippen LogP contribution in [-0.4, -0.2) is 29.9 Å². The third kappa shape index (κ3) is 4.79. The minimum atomic E-state index is -0.350. The molecule has 0 fully saturated rings. The van der Waals surface area contributed by atoms with Gasteiger partial charge in [-0.2, -0.15) is 0 Å². The number of anilines is 1. The number of nitrogens with zero attached hydrogens (tertiary/aromatic N) is 1. The molecule has 2 aromatic carbocycles. The van der Waals surface area contributed by atoms with Crippen LogP contribution in [0.4, 0.5) is 5.00 Å². The molecule has 0 atom stereocenters. The Kier molecular flexibility index (Phi) is 6.79. The molecule has 1 amide bonds. The molecule has 0 saturated carbocycles. The standard InChI is InChI=1S/C28H30N2O3S/c1-2-33-28(32)25-23-14-15-30(17-19-8-4-3-5-9-19)18-24(23)34-27(25)29-26(31)22-13-12-20-10-6-7-11-21(20)16-22/h3-5,8-9,12-13,16H,2,6-7,10-11,14-15,17-18H2,1H3,(H,29,31). The van der Waals surface area contributed by atoms with Crippen molar-refractivity contribution >= 4 is 28.2 Å². The Balaban J connectivity index is 1.39. The van der Waals surface area contributed by atoms with E-state index in [1.165, 1.54) is 40.9 Å². The van der Waals surface area contributed by atoms with Gasteiger partial charge in [0.2, 0.25) is 0 Å². The fourth-order valence-corrected chi connectivity index (χ4v) is 6.26. The van der Waals surface area contributed by atoms with E-state index in [-0.39, 0.29) is 11.9 Å². The van der Waals surface area contributed by atoms with Crippen LogP contribution in [0.15, 0.2) is 48.5 Å². The highest BCUT2D eigenvalue weighted by Gasteiger charge is 2.30. The van der Waals surface area contributed by atoms with Crippen LogP contribution in [-0.2, 0) is 37.1 Å². The second kappa shape index (κ2) is 10.1. The lowest BCUT2D eigenvalue weighted by atomic mass is 9.90. The average molecular weight is 475 g/mol. The van der Waals surface area contributed by atoms with Crippen LogP contribution in [0.3, 0.4) is 0 Å². The Morgan fingerprint density at radius 1 is 1.03 bits per heavy atom. The number of fused-ring (bicyclic) bond motifs is 2. The average Bonchev–Trinajstić information content (AvgIpc) is 3.21. The van der Waals surface area contributed by atoms with Crippen molar-refractivity contribution in [1.29, 1.82) is 0 Å². The SMILES string of the molecule is CCOC(=O)c1c(NC(=O)c2ccc3c(c2)CCCC3)sc2c1CCN(Cc1ccccc1)C2. The molecular weight excluding hydrogens is 444 g/mol. The fraction of sp³-hybridized carbons (Fsp3) is 0.357. The van der Waals surface area contributed by atoms with E-state index < -0.39 is 0 Å². The van der Waals surface area contributed by atoms with Gasteiger partial charge < -0.3 is 10.1 Å². The Bertz CT molecular complexity index is 1200. The number of carbonyl (C=O) groups excluding carboxylic acids is 2. The van der Waals surface area contributed by atoms with Gasteiger partial charge in [0.25, 0.3) is 5.91 Å². The van der Waals surface area contributed by atoms with E-state index in [1.807, 2.05) is 25.1 Å². The first-order valence-electron chi connectivity index (χ1n) is 12.1. The number of hydrogen-bond donors (Lipinski definition) is 1. The van der Waals surface area contributed by atoms with Crippen LogP contribution >= 0.6 is 11.3 Å². The highest BCUT2D eigenvalue weighted by Crippen LogP contribution is 2.38. The van der Waals surface area contributed by atoms with Crippen molar-refractivity contribution in [1.82, 2.24) is 4.90 Å². The van der Waals surface area contributed by atoms with E-state index >= 15 is 0 Å². The highest BCUT2D eigenvalue weighted by atomic mass is 32.1. The van der Waals surface area contributed by atoms with Gasteiger partial charge in [-0.15, -0.1) is 11.3 Å². The Labute approximate surface area is 204 Å². The highest BCUT2D eigenvalue weighted by molar-refractivity contribution is 7.17. The molecule has 176 valence electrons. The topological polar surface area (TPSA) is 58.6 Å². The molecule has 1 N–H and O–H groups in total. The Morgan fingerprint density at radius 2 is 1.82 bits per heavy atom. The number of nitrogens with one attached hydrogen (secondary N) is 1. The van der Waals surface area contributed by atoms with Gasteiger partial charge in [-0.05, 0) is 73.4 Å². The zero-order chi connectivity index (χ0) is 23.5. The molecule has 0 spiro atoms. The largest absolute Gasteiger partial charge is 0.462 e. The molecule has 5 rings (SSSR count). The number of thiophene rings is 1. The van der Waals surface area contributed by atoms with E-state index in [1.54, 1.807) is 0 Å². The first-order chi connectivity index (χ1) is 16.6. The van der Waals surface area contributed by atoms with Crippen LogP contribution in [0, 0.1) is 0 Å². The van der Waals surface area contributed by atoms with E-state index in [9.17, 15) is 9.59 Å². The van der Waals surface area contributed by atoms with Gasteiger partial charge in [0.1, 0.15) is 5.00 Å². The summed E-state index contributed by atoms with van der Waals surface area (Å²) in [6.07, 6.45) is 5.25. The van der Waals surface area contributed by atoms with Crippen LogP contribution in [0.5, 0.6) is 0 Å². The van der Waals surface area contributed by atoms with Crippen molar-refractivity contribution in [2.24, 2.45) is 0 Å². The number of rotatable bonds is 6. The molecule has 34 heavy (non-hydrogen) atoms. The second-order valence-corrected chi connectivity index (χ2v) is 10.1. The first-order valence-corrected chi connectivity index (χ1v) is 12.9. The fourth-order valence-electron chi connectivity index (χ4n) is 4.99. The number of carbonyl (C=O) groups is 2. The molecule has 0 radical (unpaired) electrons. The normalized spacial score (nSPS) is 15.3. The van der Waals surface area contributed by atoms with Gasteiger partial charge in [0.05, 0.1) is 12.2 Å². The summed E-state index contributed by atoms with van der Waals surface area (Å²) >= 11 is 1.51. The van der Waals surface area contributed by atoms with E-state index in [4.69, 9.17) is 4.74 Å². The smallest absolute Gasteiger partial charge is 0.341 e. The predicted octanol–water partition coefficient (Wildman–Crippen LogP) is 5.61. The van der Waals surface area contributed by atoms with Crippen molar-refractivity contribution < 1.29 is 14.3 Å². The summed E-state index contributed by atoms with van der Waals surface area (Å²) in [4.78, 5) is 29.6. The molecule has 1 aromatic heterocycles. The molecule has 2 heterocycles. The zero-order valence-electron chi connectivity index (χ0n) is 19.6. The molecule has 1 aliphatic heterocycles. The molecule has 0 unspecified atom stereocenters. The lowest BCUT2D eigenvalue weighted by molar-refractivity contribution is 0.0526. The molecule has 1 aliphatic carbocycles. The monoisotopic (exact) mass is 474 g/mol. The maximum Gasteiger partial charge on any atom is 0.341 e. The summed E-state index contributed by atoms with van der Waals surface area (Å²) in [6, 6.07) is 16.4. The van der Waals surface area contributed by atoms with E-state index in [0.717, 1.165) is 49.3 Å².